The Morgan fingerprint density at radius 3 is 2.60 bits per heavy atom. The number of nitrogens with zero attached hydrogens (tertiary/aromatic N) is 1. The van der Waals surface area contributed by atoms with Crippen molar-refractivity contribution in [3.8, 4) is 0 Å². The molecule has 1 N–H and O–H groups in total. The summed E-state index contributed by atoms with van der Waals surface area (Å²) in [7, 11) is 0. The van der Waals surface area contributed by atoms with Crippen molar-refractivity contribution in [2.45, 2.75) is 6.92 Å². The summed E-state index contributed by atoms with van der Waals surface area (Å²) in [6, 6.07) is 6.11. The molecular formula is C11H16Cl2N2. The number of hydrogen-bond donors (Lipinski definition) is 1. The lowest BCUT2D eigenvalue weighted by atomic mass is 10.1. The van der Waals surface area contributed by atoms with Gasteiger partial charge in [0, 0.05) is 36.9 Å². The van der Waals surface area contributed by atoms with Crippen LogP contribution in [0.4, 0.5) is 5.69 Å². The Morgan fingerprint density at radius 1 is 1.27 bits per heavy atom. The van der Waals surface area contributed by atoms with Crippen LogP contribution in [0.3, 0.4) is 0 Å². The zero-order chi connectivity index (χ0) is 9.97. The second-order valence-corrected chi connectivity index (χ2v) is 4.03. The van der Waals surface area contributed by atoms with Gasteiger partial charge in [0.2, 0.25) is 0 Å². The summed E-state index contributed by atoms with van der Waals surface area (Å²) >= 11 is 6.09. The molecule has 1 aliphatic rings. The Kier molecular flexibility index (Phi) is 4.71. The molecule has 1 aromatic carbocycles. The fourth-order valence-electron chi connectivity index (χ4n) is 1.84. The van der Waals surface area contributed by atoms with Crippen LogP contribution in [-0.4, -0.2) is 26.2 Å². The summed E-state index contributed by atoms with van der Waals surface area (Å²) in [5, 5.41) is 4.21. The highest BCUT2D eigenvalue weighted by atomic mass is 35.5. The van der Waals surface area contributed by atoms with Crippen molar-refractivity contribution < 1.29 is 0 Å². The third-order valence-electron chi connectivity index (χ3n) is 2.70. The summed E-state index contributed by atoms with van der Waals surface area (Å²) in [4.78, 5) is 2.39. The number of nitrogens with one attached hydrogen (secondary N) is 1. The molecule has 1 aliphatic heterocycles. The summed E-state index contributed by atoms with van der Waals surface area (Å²) in [6.45, 7) is 6.35. The van der Waals surface area contributed by atoms with E-state index in [-0.39, 0.29) is 12.4 Å². The first-order valence-corrected chi connectivity index (χ1v) is 5.37. The van der Waals surface area contributed by atoms with E-state index in [0.717, 1.165) is 31.2 Å². The molecule has 2 nitrogen and oxygen atoms in total. The maximum atomic E-state index is 6.09. The minimum atomic E-state index is 0. The molecule has 0 aromatic heterocycles. The Morgan fingerprint density at radius 2 is 1.93 bits per heavy atom. The molecule has 4 heteroatoms. The van der Waals surface area contributed by atoms with Crippen LogP contribution in [0.25, 0.3) is 0 Å². The second kappa shape index (κ2) is 5.59. The van der Waals surface area contributed by atoms with Crippen molar-refractivity contribution in [2.75, 3.05) is 31.1 Å². The van der Waals surface area contributed by atoms with Crippen LogP contribution in [0.5, 0.6) is 0 Å². The molecule has 1 saturated heterocycles. The SMILES string of the molecule is Cc1c(Cl)cccc1N1CCNCC1.Cl. The average molecular weight is 247 g/mol. The summed E-state index contributed by atoms with van der Waals surface area (Å²) in [5.74, 6) is 0. The van der Waals surface area contributed by atoms with Crippen molar-refractivity contribution in [1.29, 1.82) is 0 Å². The fourth-order valence-corrected chi connectivity index (χ4v) is 2.01. The molecule has 2 rings (SSSR count). The number of benzene rings is 1. The zero-order valence-corrected chi connectivity index (χ0v) is 10.4. The first-order valence-electron chi connectivity index (χ1n) is 5.00. The zero-order valence-electron chi connectivity index (χ0n) is 8.79. The molecule has 0 saturated carbocycles. The van der Waals surface area contributed by atoms with Crippen molar-refractivity contribution >= 4 is 29.7 Å². The second-order valence-electron chi connectivity index (χ2n) is 3.62. The molecule has 0 unspecified atom stereocenters. The molecule has 0 amide bonds. The van der Waals surface area contributed by atoms with Crippen LogP contribution >= 0.6 is 24.0 Å². The topological polar surface area (TPSA) is 15.3 Å². The van der Waals surface area contributed by atoms with Crippen LogP contribution in [-0.2, 0) is 0 Å². The lowest BCUT2D eigenvalue weighted by Gasteiger charge is -2.30. The first kappa shape index (κ1) is 12.6. The molecule has 1 heterocycles. The third-order valence-corrected chi connectivity index (χ3v) is 3.11. The van der Waals surface area contributed by atoms with Crippen LogP contribution < -0.4 is 10.2 Å². The minimum absolute atomic E-state index is 0. The number of halogens is 2. The van der Waals surface area contributed by atoms with Gasteiger partial charge >= 0.3 is 0 Å². The Bertz CT molecular complexity index is 322. The smallest absolute Gasteiger partial charge is 0.0455 e. The number of rotatable bonds is 1. The van der Waals surface area contributed by atoms with E-state index in [1.54, 1.807) is 0 Å². The minimum Gasteiger partial charge on any atom is -0.369 e. The summed E-state index contributed by atoms with van der Waals surface area (Å²) in [6.07, 6.45) is 0. The predicted octanol–water partition coefficient (Wildman–Crippen LogP) is 2.48. The van der Waals surface area contributed by atoms with Gasteiger partial charge in [-0.1, -0.05) is 17.7 Å². The van der Waals surface area contributed by atoms with Gasteiger partial charge in [-0.2, -0.15) is 0 Å². The van der Waals surface area contributed by atoms with E-state index in [0.29, 0.717) is 0 Å². The van der Waals surface area contributed by atoms with Gasteiger partial charge in [-0.25, -0.2) is 0 Å². The van der Waals surface area contributed by atoms with E-state index >= 15 is 0 Å². The predicted molar refractivity (Wildman–Crippen MR) is 68.5 cm³/mol. The van der Waals surface area contributed by atoms with Crippen LogP contribution in [0.1, 0.15) is 5.56 Å². The number of piperazine rings is 1. The van der Waals surface area contributed by atoms with Crippen molar-refractivity contribution in [3.63, 3.8) is 0 Å². The highest BCUT2D eigenvalue weighted by Crippen LogP contribution is 2.26. The van der Waals surface area contributed by atoms with E-state index in [1.165, 1.54) is 11.3 Å². The molecule has 1 aromatic rings. The Balaban J connectivity index is 0.00000112. The van der Waals surface area contributed by atoms with Gasteiger partial charge in [-0.3, -0.25) is 0 Å². The lowest BCUT2D eigenvalue weighted by Crippen LogP contribution is -2.43. The summed E-state index contributed by atoms with van der Waals surface area (Å²) in [5.41, 5.74) is 2.47. The highest BCUT2D eigenvalue weighted by Gasteiger charge is 2.13. The first-order chi connectivity index (χ1) is 6.79. The lowest BCUT2D eigenvalue weighted by molar-refractivity contribution is 0.588. The Hall–Kier alpha value is -0.440. The van der Waals surface area contributed by atoms with Gasteiger partial charge in [-0.15, -0.1) is 12.4 Å². The van der Waals surface area contributed by atoms with E-state index < -0.39 is 0 Å². The van der Waals surface area contributed by atoms with Gasteiger partial charge in [0.05, 0.1) is 0 Å². The largest absolute Gasteiger partial charge is 0.369 e. The number of anilines is 1. The maximum Gasteiger partial charge on any atom is 0.0455 e. The van der Waals surface area contributed by atoms with Crippen LogP contribution in [0, 0.1) is 6.92 Å². The quantitative estimate of drug-likeness (QED) is 0.820. The monoisotopic (exact) mass is 246 g/mol. The van der Waals surface area contributed by atoms with Gasteiger partial charge in [0.1, 0.15) is 0 Å². The van der Waals surface area contributed by atoms with E-state index in [2.05, 4.69) is 23.2 Å². The van der Waals surface area contributed by atoms with Crippen LogP contribution in [0.15, 0.2) is 18.2 Å². The fraction of sp³-hybridized carbons (Fsp3) is 0.455. The maximum absolute atomic E-state index is 6.09. The Labute approximate surface area is 102 Å². The van der Waals surface area contributed by atoms with E-state index in [9.17, 15) is 0 Å². The normalized spacial score (nSPS) is 16.0. The highest BCUT2D eigenvalue weighted by molar-refractivity contribution is 6.31. The molecule has 0 atom stereocenters. The molecular weight excluding hydrogens is 231 g/mol. The van der Waals surface area contributed by atoms with Crippen molar-refractivity contribution in [2.24, 2.45) is 0 Å². The third kappa shape index (κ3) is 2.77. The van der Waals surface area contributed by atoms with E-state index in [4.69, 9.17) is 11.6 Å². The molecule has 0 spiro atoms. The molecule has 0 aliphatic carbocycles. The molecule has 1 fully saturated rings. The van der Waals surface area contributed by atoms with E-state index in [1.807, 2.05) is 12.1 Å². The van der Waals surface area contributed by atoms with Crippen molar-refractivity contribution in [1.82, 2.24) is 5.32 Å². The van der Waals surface area contributed by atoms with Crippen molar-refractivity contribution in [3.05, 3.63) is 28.8 Å². The molecule has 15 heavy (non-hydrogen) atoms. The van der Waals surface area contributed by atoms with Gasteiger partial charge in [0.15, 0.2) is 0 Å². The summed E-state index contributed by atoms with van der Waals surface area (Å²) < 4.78 is 0. The average Bonchev–Trinajstić information content (AvgIpc) is 2.23. The molecule has 0 radical (unpaired) electrons. The van der Waals surface area contributed by atoms with Gasteiger partial charge < -0.3 is 10.2 Å². The molecule has 84 valence electrons. The molecule has 0 bridgehead atoms. The number of hydrogen-bond acceptors (Lipinski definition) is 2. The standard InChI is InChI=1S/C11H15ClN2.ClH/c1-9-10(12)3-2-4-11(9)14-7-5-13-6-8-14;/h2-4,13H,5-8H2,1H3;1H. The van der Waals surface area contributed by atoms with Gasteiger partial charge in [0.25, 0.3) is 0 Å². The van der Waals surface area contributed by atoms with Gasteiger partial charge in [-0.05, 0) is 24.6 Å². The van der Waals surface area contributed by atoms with Crippen LogP contribution in [0.2, 0.25) is 5.02 Å².